The van der Waals surface area contributed by atoms with Crippen LogP contribution in [-0.2, 0) is 19.4 Å². The number of aromatic nitrogens is 4. The van der Waals surface area contributed by atoms with Crippen molar-refractivity contribution < 1.29 is 0 Å². The zero-order valence-corrected chi connectivity index (χ0v) is 14.9. The number of H-pyrrole nitrogens is 1. The topological polar surface area (TPSA) is 60.9 Å². The lowest BCUT2D eigenvalue weighted by Crippen LogP contribution is -2.29. The van der Waals surface area contributed by atoms with E-state index in [1.165, 1.54) is 61.3 Å². The number of hydrogen-bond acceptors (Lipinski definition) is 5. The number of aromatic amines is 1. The summed E-state index contributed by atoms with van der Waals surface area (Å²) < 4.78 is 0. The molecule has 0 aromatic carbocycles. The summed E-state index contributed by atoms with van der Waals surface area (Å²) in [7, 11) is 0. The third-order valence-corrected chi connectivity index (χ3v) is 6.24. The van der Waals surface area contributed by atoms with Crippen LogP contribution in [-0.4, -0.2) is 51.2 Å². The highest BCUT2D eigenvalue weighted by molar-refractivity contribution is 5.46. The zero-order chi connectivity index (χ0) is 16.8. The van der Waals surface area contributed by atoms with Crippen LogP contribution < -0.4 is 4.90 Å². The van der Waals surface area contributed by atoms with Gasteiger partial charge in [-0.2, -0.15) is 5.10 Å². The van der Waals surface area contributed by atoms with Crippen LogP contribution in [0.5, 0.6) is 0 Å². The molecule has 2 aromatic heterocycles. The van der Waals surface area contributed by atoms with Gasteiger partial charge in [0.25, 0.3) is 0 Å². The predicted octanol–water partition coefficient (Wildman–Crippen LogP) is 1.96. The van der Waals surface area contributed by atoms with Crippen LogP contribution >= 0.6 is 0 Å². The number of aryl methyl sites for hydroxylation is 2. The van der Waals surface area contributed by atoms with Crippen molar-refractivity contribution in [1.29, 1.82) is 0 Å². The number of hydrogen-bond donors (Lipinski definition) is 1. The van der Waals surface area contributed by atoms with Gasteiger partial charge in [-0.3, -0.25) is 10.00 Å². The van der Waals surface area contributed by atoms with Crippen molar-refractivity contribution in [2.45, 2.75) is 39.2 Å². The molecule has 2 unspecified atom stereocenters. The highest BCUT2D eigenvalue weighted by atomic mass is 15.3. The quantitative estimate of drug-likeness (QED) is 0.927. The fraction of sp³-hybridized carbons (Fsp3) is 0.632. The fourth-order valence-electron chi connectivity index (χ4n) is 5.01. The molecule has 2 atom stereocenters. The van der Waals surface area contributed by atoms with Gasteiger partial charge in [-0.05, 0) is 50.0 Å². The zero-order valence-electron chi connectivity index (χ0n) is 14.9. The van der Waals surface area contributed by atoms with E-state index in [0.29, 0.717) is 0 Å². The molecule has 0 amide bonds. The number of nitrogens with one attached hydrogen (secondary N) is 1. The molecule has 2 aromatic rings. The molecule has 25 heavy (non-hydrogen) atoms. The Bertz CT molecular complexity index is 755. The first-order chi connectivity index (χ1) is 12.3. The summed E-state index contributed by atoms with van der Waals surface area (Å²) >= 11 is 0. The molecule has 0 radical (unpaired) electrons. The van der Waals surface area contributed by atoms with Gasteiger partial charge in [0, 0.05) is 50.2 Å². The third kappa shape index (κ3) is 2.72. The second-order valence-corrected chi connectivity index (χ2v) is 7.98. The van der Waals surface area contributed by atoms with E-state index in [0.717, 1.165) is 37.3 Å². The van der Waals surface area contributed by atoms with Gasteiger partial charge in [0.15, 0.2) is 0 Å². The first-order valence-corrected chi connectivity index (χ1v) is 9.57. The van der Waals surface area contributed by atoms with E-state index in [1.54, 1.807) is 6.33 Å². The van der Waals surface area contributed by atoms with Crippen molar-refractivity contribution in [1.82, 2.24) is 25.1 Å². The number of nitrogens with zero attached hydrogens (tertiary/aromatic N) is 5. The third-order valence-electron chi connectivity index (χ3n) is 6.24. The van der Waals surface area contributed by atoms with E-state index in [4.69, 9.17) is 0 Å². The maximum atomic E-state index is 4.64. The Hall–Kier alpha value is -1.95. The molecule has 5 rings (SSSR count). The highest BCUT2D eigenvalue weighted by Crippen LogP contribution is 2.35. The molecule has 1 aliphatic carbocycles. The van der Waals surface area contributed by atoms with Crippen LogP contribution in [0.2, 0.25) is 0 Å². The van der Waals surface area contributed by atoms with Gasteiger partial charge in [-0.15, -0.1) is 0 Å². The normalized spacial score (nSPS) is 26.0. The van der Waals surface area contributed by atoms with Crippen LogP contribution in [0.1, 0.15) is 35.4 Å². The molecule has 6 heteroatoms. The Morgan fingerprint density at radius 3 is 2.72 bits per heavy atom. The van der Waals surface area contributed by atoms with Crippen LogP contribution in [0.15, 0.2) is 12.5 Å². The second kappa shape index (κ2) is 6.09. The summed E-state index contributed by atoms with van der Waals surface area (Å²) in [4.78, 5) is 13.7. The molecule has 0 bridgehead atoms. The molecule has 2 aliphatic heterocycles. The molecule has 4 heterocycles. The fourth-order valence-corrected chi connectivity index (χ4v) is 5.01. The van der Waals surface area contributed by atoms with Crippen molar-refractivity contribution in [3.05, 3.63) is 35.0 Å². The molecular weight excluding hydrogens is 312 g/mol. The molecule has 2 fully saturated rings. The molecule has 132 valence electrons. The lowest BCUT2D eigenvalue weighted by atomic mass is 9.96. The Morgan fingerprint density at radius 1 is 1.12 bits per heavy atom. The minimum Gasteiger partial charge on any atom is -0.356 e. The number of anilines is 1. The van der Waals surface area contributed by atoms with Crippen molar-refractivity contribution >= 4 is 5.82 Å². The number of likely N-dealkylation sites (tertiary alicyclic amines) is 1. The maximum Gasteiger partial charge on any atom is 0.134 e. The molecule has 0 spiro atoms. The van der Waals surface area contributed by atoms with Gasteiger partial charge in [0.2, 0.25) is 0 Å². The molecular formula is C19H26N6. The van der Waals surface area contributed by atoms with Crippen LogP contribution in [0.25, 0.3) is 0 Å². The SMILES string of the molecule is Cc1cncnc1N1CC2CN(Cc3n[nH]c4c3CCCC4)CC2C1. The summed E-state index contributed by atoms with van der Waals surface area (Å²) in [6, 6.07) is 0. The Kier molecular flexibility index (Phi) is 3.73. The summed E-state index contributed by atoms with van der Waals surface area (Å²) in [6.45, 7) is 7.75. The second-order valence-electron chi connectivity index (χ2n) is 7.98. The smallest absolute Gasteiger partial charge is 0.134 e. The summed E-state index contributed by atoms with van der Waals surface area (Å²) in [5.41, 5.74) is 5.40. The van der Waals surface area contributed by atoms with E-state index in [1.807, 2.05) is 6.20 Å². The summed E-state index contributed by atoms with van der Waals surface area (Å²) in [5, 5.41) is 7.92. The van der Waals surface area contributed by atoms with Crippen LogP contribution in [0.4, 0.5) is 5.82 Å². The molecule has 2 saturated heterocycles. The van der Waals surface area contributed by atoms with E-state index < -0.39 is 0 Å². The lowest BCUT2D eigenvalue weighted by Gasteiger charge is -2.23. The van der Waals surface area contributed by atoms with E-state index in [-0.39, 0.29) is 0 Å². The van der Waals surface area contributed by atoms with Crippen LogP contribution in [0.3, 0.4) is 0 Å². The minimum atomic E-state index is 0.754. The van der Waals surface area contributed by atoms with Gasteiger partial charge in [0.05, 0.1) is 5.69 Å². The van der Waals surface area contributed by atoms with Gasteiger partial charge < -0.3 is 4.90 Å². The van der Waals surface area contributed by atoms with E-state index in [9.17, 15) is 0 Å². The molecule has 3 aliphatic rings. The largest absolute Gasteiger partial charge is 0.356 e. The lowest BCUT2D eigenvalue weighted by molar-refractivity contribution is 0.304. The molecule has 6 nitrogen and oxygen atoms in total. The average Bonchev–Trinajstić information content (AvgIpc) is 3.29. The van der Waals surface area contributed by atoms with Crippen molar-refractivity contribution in [2.75, 3.05) is 31.1 Å². The van der Waals surface area contributed by atoms with Gasteiger partial charge in [0.1, 0.15) is 12.1 Å². The maximum absolute atomic E-state index is 4.64. The van der Waals surface area contributed by atoms with Crippen molar-refractivity contribution in [3.8, 4) is 0 Å². The summed E-state index contributed by atoms with van der Waals surface area (Å²) in [5.74, 6) is 2.63. The number of rotatable bonds is 3. The standard InChI is InChI=1S/C19H26N6/c1-13-6-20-12-21-19(13)25-9-14-7-24(8-15(14)10-25)11-18-16-4-2-3-5-17(16)22-23-18/h6,12,14-15H,2-5,7-11H2,1H3,(H,22,23). The van der Waals surface area contributed by atoms with Crippen LogP contribution in [0, 0.1) is 18.8 Å². The Labute approximate surface area is 148 Å². The van der Waals surface area contributed by atoms with Crippen molar-refractivity contribution in [2.24, 2.45) is 11.8 Å². The Balaban J connectivity index is 1.24. The number of fused-ring (bicyclic) bond motifs is 2. The van der Waals surface area contributed by atoms with Gasteiger partial charge in [-0.25, -0.2) is 9.97 Å². The van der Waals surface area contributed by atoms with Crippen molar-refractivity contribution in [3.63, 3.8) is 0 Å². The average molecular weight is 338 g/mol. The predicted molar refractivity (Wildman–Crippen MR) is 96.5 cm³/mol. The van der Waals surface area contributed by atoms with Gasteiger partial charge in [-0.1, -0.05) is 0 Å². The first-order valence-electron chi connectivity index (χ1n) is 9.57. The van der Waals surface area contributed by atoms with Gasteiger partial charge >= 0.3 is 0 Å². The minimum absolute atomic E-state index is 0.754. The molecule has 1 N–H and O–H groups in total. The highest BCUT2D eigenvalue weighted by Gasteiger charge is 2.41. The first kappa shape index (κ1) is 15.3. The monoisotopic (exact) mass is 338 g/mol. The van der Waals surface area contributed by atoms with E-state index >= 15 is 0 Å². The summed E-state index contributed by atoms with van der Waals surface area (Å²) in [6.07, 6.45) is 8.61. The molecule has 0 saturated carbocycles. The van der Waals surface area contributed by atoms with E-state index in [2.05, 4.69) is 36.9 Å². The Morgan fingerprint density at radius 2 is 1.92 bits per heavy atom.